The molecule has 0 amide bonds. The lowest BCUT2D eigenvalue weighted by atomic mass is 9.57. The van der Waals surface area contributed by atoms with Gasteiger partial charge in [-0.15, -0.1) is 0 Å². The van der Waals surface area contributed by atoms with Crippen LogP contribution in [0.1, 0.15) is 34.7 Å². The third-order valence-electron chi connectivity index (χ3n) is 10.1. The number of hydrogen-bond acceptors (Lipinski definition) is 2. The average Bonchev–Trinajstić information content (AvgIpc) is 3.43. The van der Waals surface area contributed by atoms with Gasteiger partial charge >= 0.3 is 0 Å². The van der Waals surface area contributed by atoms with Crippen LogP contribution in [0.4, 0.5) is 0 Å². The van der Waals surface area contributed by atoms with Crippen molar-refractivity contribution < 1.29 is 0 Å². The van der Waals surface area contributed by atoms with E-state index in [1.165, 1.54) is 27.8 Å². The predicted molar refractivity (Wildman–Crippen MR) is 214 cm³/mol. The first-order chi connectivity index (χ1) is 25.2. The van der Waals surface area contributed by atoms with Crippen molar-refractivity contribution in [2.75, 3.05) is 0 Å². The van der Waals surface area contributed by atoms with Crippen molar-refractivity contribution in [3.05, 3.63) is 229 Å². The molecule has 0 radical (unpaired) electrons. The minimum atomic E-state index is -0.470. The van der Waals surface area contributed by atoms with E-state index in [4.69, 9.17) is 4.98 Å². The molecule has 2 aliphatic rings. The minimum Gasteiger partial charge on any atom is -0.265 e. The Hall–Kier alpha value is -6.38. The summed E-state index contributed by atoms with van der Waals surface area (Å²) in [6.07, 6.45) is 23.2. The quantitative estimate of drug-likeness (QED) is 0.153. The van der Waals surface area contributed by atoms with Crippen molar-refractivity contribution in [1.82, 2.24) is 9.97 Å². The summed E-state index contributed by atoms with van der Waals surface area (Å²) >= 11 is 0. The molecule has 0 spiro atoms. The molecule has 51 heavy (non-hydrogen) atoms. The van der Waals surface area contributed by atoms with Crippen LogP contribution in [-0.2, 0) is 5.41 Å². The molecule has 0 saturated heterocycles. The molecule has 2 aliphatic carbocycles. The van der Waals surface area contributed by atoms with Gasteiger partial charge in [0.25, 0.3) is 0 Å². The first-order valence-corrected chi connectivity index (χ1v) is 17.5. The van der Waals surface area contributed by atoms with Crippen LogP contribution in [0.3, 0.4) is 0 Å². The maximum Gasteiger partial charge on any atom is 0.0715 e. The lowest BCUT2D eigenvalue weighted by molar-refractivity contribution is 0.517. The first-order valence-electron chi connectivity index (χ1n) is 17.5. The largest absolute Gasteiger partial charge is 0.265 e. The standard InChI is InChI=1S/C49H38N2/c1-3-5-14-35(4-2)37-21-23-38(24-22-37)47-33-41(36-15-8-6-9-16-36)34-48(51-47)40-25-26-45-39-17-12-13-20-44(31-39)49(46(45)32-40,42-18-10-7-11-19-42)43-27-29-50-30-28-43/h3-34,44H,1H2,2H3/b14-5-,35-4+. The lowest BCUT2D eigenvalue weighted by Gasteiger charge is -2.44. The molecule has 2 aromatic heterocycles. The van der Waals surface area contributed by atoms with E-state index in [1.807, 2.05) is 18.5 Å². The van der Waals surface area contributed by atoms with Crippen molar-refractivity contribution in [3.8, 4) is 33.6 Å². The number of rotatable bonds is 8. The summed E-state index contributed by atoms with van der Waals surface area (Å²) in [4.78, 5) is 9.81. The van der Waals surface area contributed by atoms with E-state index in [2.05, 4.69) is 188 Å². The number of fused-ring (bicyclic) bond motifs is 3. The first kappa shape index (κ1) is 31.9. The summed E-state index contributed by atoms with van der Waals surface area (Å²) in [5.41, 5.74) is 14.3. The Morgan fingerprint density at radius 3 is 2.10 bits per heavy atom. The fraction of sp³-hybridized carbons (Fsp3) is 0.0612. The third-order valence-corrected chi connectivity index (χ3v) is 10.1. The molecule has 6 aromatic rings. The van der Waals surface area contributed by atoms with Crippen LogP contribution in [0.2, 0.25) is 0 Å². The number of nitrogens with zero attached hydrogens (tertiary/aromatic N) is 2. The summed E-state index contributed by atoms with van der Waals surface area (Å²) < 4.78 is 0. The molecule has 2 heteroatoms. The van der Waals surface area contributed by atoms with E-state index >= 15 is 0 Å². The van der Waals surface area contributed by atoms with Gasteiger partial charge in [-0.2, -0.15) is 0 Å². The second-order valence-electron chi connectivity index (χ2n) is 13.0. The van der Waals surface area contributed by atoms with Crippen molar-refractivity contribution in [3.63, 3.8) is 0 Å². The maximum atomic E-state index is 5.38. The van der Waals surface area contributed by atoms with Crippen molar-refractivity contribution >= 4 is 11.1 Å². The summed E-state index contributed by atoms with van der Waals surface area (Å²) in [5.74, 6) is 0.0936. The van der Waals surface area contributed by atoms with Gasteiger partial charge in [0.15, 0.2) is 0 Å². The van der Waals surface area contributed by atoms with Crippen LogP contribution in [0, 0.1) is 5.92 Å². The van der Waals surface area contributed by atoms with Crippen LogP contribution < -0.4 is 0 Å². The van der Waals surface area contributed by atoms with Crippen LogP contribution >= 0.6 is 0 Å². The Balaban J connectivity index is 1.34. The van der Waals surface area contributed by atoms with Gasteiger partial charge in [0, 0.05) is 29.4 Å². The normalized spacial score (nSPS) is 17.9. The number of allylic oxidation sites excluding steroid dienone is 11. The second kappa shape index (κ2) is 13.9. The number of hydrogen-bond donors (Lipinski definition) is 0. The number of aromatic nitrogens is 2. The van der Waals surface area contributed by atoms with Gasteiger partial charge in [-0.3, -0.25) is 4.98 Å². The summed E-state index contributed by atoms with van der Waals surface area (Å²) in [5, 5.41) is 0. The summed E-state index contributed by atoms with van der Waals surface area (Å²) in [6.45, 7) is 5.89. The minimum absolute atomic E-state index is 0.0936. The van der Waals surface area contributed by atoms with E-state index in [1.54, 1.807) is 6.08 Å². The molecule has 0 N–H and O–H groups in total. The highest BCUT2D eigenvalue weighted by atomic mass is 14.7. The fourth-order valence-corrected chi connectivity index (χ4v) is 7.72. The zero-order valence-electron chi connectivity index (χ0n) is 28.7. The van der Waals surface area contributed by atoms with Gasteiger partial charge in [-0.05, 0) is 87.3 Å². The molecular formula is C49H38N2. The molecule has 0 fully saturated rings. The Morgan fingerprint density at radius 2 is 1.37 bits per heavy atom. The fourth-order valence-electron chi connectivity index (χ4n) is 7.72. The van der Waals surface area contributed by atoms with Gasteiger partial charge in [0.2, 0.25) is 0 Å². The van der Waals surface area contributed by atoms with Crippen LogP contribution in [0.15, 0.2) is 201 Å². The Kier molecular flexibility index (Phi) is 8.66. The monoisotopic (exact) mass is 654 g/mol. The molecule has 4 aromatic carbocycles. The predicted octanol–water partition coefficient (Wildman–Crippen LogP) is 12.1. The number of benzene rings is 4. The highest BCUT2D eigenvalue weighted by Crippen LogP contribution is 2.53. The van der Waals surface area contributed by atoms with Gasteiger partial charge in [-0.25, -0.2) is 4.98 Å². The molecule has 2 heterocycles. The highest BCUT2D eigenvalue weighted by molar-refractivity contribution is 5.86. The topological polar surface area (TPSA) is 25.8 Å². The van der Waals surface area contributed by atoms with Crippen LogP contribution in [0.5, 0.6) is 0 Å². The molecule has 0 aliphatic heterocycles. The molecule has 8 rings (SSSR count). The van der Waals surface area contributed by atoms with Crippen LogP contribution in [0.25, 0.3) is 44.8 Å². The second-order valence-corrected chi connectivity index (χ2v) is 13.0. The van der Waals surface area contributed by atoms with Crippen molar-refractivity contribution in [1.29, 1.82) is 0 Å². The zero-order chi connectivity index (χ0) is 34.6. The van der Waals surface area contributed by atoms with Gasteiger partial charge in [-0.1, -0.05) is 158 Å². The van der Waals surface area contributed by atoms with Crippen LogP contribution in [-0.4, -0.2) is 9.97 Å². The SMILES string of the molecule is C=C/C=C\C(=C/C)c1ccc(-c2cc(-c3ccccc3)cc(-c3ccc4c(c3)C(c3ccccc3)(c3ccncc3)C3C=CC=CC4=C3)n2)cc1. The molecular weight excluding hydrogens is 617 g/mol. The summed E-state index contributed by atoms with van der Waals surface area (Å²) in [6, 6.07) is 45.9. The van der Waals surface area contributed by atoms with E-state index < -0.39 is 5.41 Å². The Bertz CT molecular complexity index is 2320. The highest BCUT2D eigenvalue weighted by Gasteiger charge is 2.46. The van der Waals surface area contributed by atoms with E-state index in [0.29, 0.717) is 0 Å². The van der Waals surface area contributed by atoms with E-state index in [-0.39, 0.29) is 5.92 Å². The Morgan fingerprint density at radius 1 is 0.686 bits per heavy atom. The van der Waals surface area contributed by atoms with E-state index in [0.717, 1.165) is 44.8 Å². The number of pyridine rings is 2. The molecule has 244 valence electrons. The lowest BCUT2D eigenvalue weighted by Crippen LogP contribution is -2.39. The maximum absolute atomic E-state index is 5.38. The molecule has 2 nitrogen and oxygen atoms in total. The van der Waals surface area contributed by atoms with Gasteiger partial charge in [0.05, 0.1) is 16.8 Å². The molecule has 0 saturated carbocycles. The van der Waals surface area contributed by atoms with Crippen molar-refractivity contribution in [2.45, 2.75) is 12.3 Å². The van der Waals surface area contributed by atoms with Gasteiger partial charge in [0.1, 0.15) is 0 Å². The molecule has 2 bridgehead atoms. The van der Waals surface area contributed by atoms with Crippen molar-refractivity contribution in [2.24, 2.45) is 5.92 Å². The Labute approximate surface area is 300 Å². The summed E-state index contributed by atoms with van der Waals surface area (Å²) in [7, 11) is 0. The average molecular weight is 655 g/mol. The smallest absolute Gasteiger partial charge is 0.0715 e. The molecule has 2 atom stereocenters. The third kappa shape index (κ3) is 5.85. The van der Waals surface area contributed by atoms with E-state index in [9.17, 15) is 0 Å². The zero-order valence-corrected chi connectivity index (χ0v) is 28.7. The van der Waals surface area contributed by atoms with Gasteiger partial charge < -0.3 is 0 Å². The molecule has 2 unspecified atom stereocenters.